The fraction of sp³-hybridized carbons (Fsp3) is 0.235. The van der Waals surface area contributed by atoms with E-state index >= 15 is 0 Å². The van der Waals surface area contributed by atoms with Crippen LogP contribution in [0.5, 0.6) is 0 Å². The molecule has 1 unspecified atom stereocenters. The molecule has 2 heteroatoms. The average molecular weight is 252 g/mol. The molecule has 0 radical (unpaired) electrons. The van der Waals surface area contributed by atoms with Gasteiger partial charge < -0.3 is 4.74 Å². The Morgan fingerprint density at radius 2 is 1.63 bits per heavy atom. The topological polar surface area (TPSA) is 26.3 Å². The highest BCUT2D eigenvalue weighted by Gasteiger charge is 2.33. The first-order valence-corrected chi connectivity index (χ1v) is 6.45. The second kappa shape index (κ2) is 4.23. The van der Waals surface area contributed by atoms with Crippen molar-refractivity contribution in [2.45, 2.75) is 26.9 Å². The van der Waals surface area contributed by atoms with Crippen molar-refractivity contribution >= 4 is 5.97 Å². The zero-order valence-electron chi connectivity index (χ0n) is 11.4. The molecule has 3 rings (SSSR count). The van der Waals surface area contributed by atoms with E-state index in [4.69, 9.17) is 4.74 Å². The first-order valence-electron chi connectivity index (χ1n) is 6.45. The molecule has 0 bridgehead atoms. The van der Waals surface area contributed by atoms with Crippen LogP contribution in [0.2, 0.25) is 0 Å². The second-order valence-corrected chi connectivity index (χ2v) is 5.18. The highest BCUT2D eigenvalue weighted by atomic mass is 16.5. The number of esters is 1. The van der Waals surface area contributed by atoms with Gasteiger partial charge in [0, 0.05) is 11.1 Å². The largest absolute Gasteiger partial charge is 0.449 e. The van der Waals surface area contributed by atoms with Crippen LogP contribution in [0.25, 0.3) is 0 Å². The third-order valence-corrected chi connectivity index (χ3v) is 3.69. The van der Waals surface area contributed by atoms with Gasteiger partial charge in [0.1, 0.15) is 0 Å². The van der Waals surface area contributed by atoms with Crippen molar-refractivity contribution in [3.63, 3.8) is 0 Å². The number of benzene rings is 2. The summed E-state index contributed by atoms with van der Waals surface area (Å²) in [6, 6.07) is 11.9. The van der Waals surface area contributed by atoms with Crippen LogP contribution in [0.4, 0.5) is 0 Å². The summed E-state index contributed by atoms with van der Waals surface area (Å²) in [5.74, 6) is -0.222. The Hall–Kier alpha value is -2.09. The van der Waals surface area contributed by atoms with Crippen molar-refractivity contribution in [3.8, 4) is 0 Å². The minimum absolute atomic E-state index is 0.222. The van der Waals surface area contributed by atoms with Crippen LogP contribution in [-0.2, 0) is 4.74 Å². The third kappa shape index (κ3) is 1.84. The van der Waals surface area contributed by atoms with Crippen molar-refractivity contribution in [1.82, 2.24) is 0 Å². The van der Waals surface area contributed by atoms with E-state index in [9.17, 15) is 4.79 Å². The number of aryl methyl sites for hydroxylation is 3. The van der Waals surface area contributed by atoms with Gasteiger partial charge in [-0.15, -0.1) is 0 Å². The zero-order chi connectivity index (χ0) is 13.6. The lowest BCUT2D eigenvalue weighted by molar-refractivity contribution is 0.0454. The SMILES string of the molecule is Cc1cc(C)c(C2OC(=O)c3ccccc32)c(C)c1. The molecule has 0 spiro atoms. The minimum Gasteiger partial charge on any atom is -0.449 e. The van der Waals surface area contributed by atoms with Crippen molar-refractivity contribution < 1.29 is 9.53 Å². The molecule has 0 N–H and O–H groups in total. The summed E-state index contributed by atoms with van der Waals surface area (Å²) in [6.45, 7) is 6.23. The van der Waals surface area contributed by atoms with Gasteiger partial charge in [0.2, 0.25) is 0 Å². The summed E-state index contributed by atoms with van der Waals surface area (Å²) >= 11 is 0. The second-order valence-electron chi connectivity index (χ2n) is 5.18. The lowest BCUT2D eigenvalue weighted by atomic mass is 9.91. The van der Waals surface area contributed by atoms with E-state index in [1.807, 2.05) is 24.3 Å². The van der Waals surface area contributed by atoms with E-state index in [1.54, 1.807) is 0 Å². The number of fused-ring (bicyclic) bond motifs is 1. The van der Waals surface area contributed by atoms with Gasteiger partial charge in [0.25, 0.3) is 0 Å². The summed E-state index contributed by atoms with van der Waals surface area (Å²) in [5.41, 5.74) is 6.36. The first-order chi connectivity index (χ1) is 9.08. The van der Waals surface area contributed by atoms with Gasteiger partial charge in [-0.05, 0) is 38.0 Å². The van der Waals surface area contributed by atoms with Gasteiger partial charge in [0.15, 0.2) is 6.10 Å². The predicted molar refractivity (Wildman–Crippen MR) is 74.4 cm³/mol. The normalized spacial score (nSPS) is 17.2. The standard InChI is InChI=1S/C17H16O2/c1-10-8-11(2)15(12(3)9-10)16-13-6-4-5-7-14(13)17(18)19-16/h4-9,16H,1-3H3. The summed E-state index contributed by atoms with van der Waals surface area (Å²) in [5, 5.41) is 0. The Morgan fingerprint density at radius 1 is 1.00 bits per heavy atom. The van der Waals surface area contributed by atoms with E-state index in [0.717, 1.165) is 11.1 Å². The number of cyclic esters (lactones) is 1. The van der Waals surface area contributed by atoms with E-state index in [-0.39, 0.29) is 12.1 Å². The Balaban J connectivity index is 2.18. The quantitative estimate of drug-likeness (QED) is 0.720. The van der Waals surface area contributed by atoms with Crippen LogP contribution in [0.1, 0.15) is 44.3 Å². The van der Waals surface area contributed by atoms with Gasteiger partial charge in [-0.1, -0.05) is 35.9 Å². The van der Waals surface area contributed by atoms with E-state index < -0.39 is 0 Å². The van der Waals surface area contributed by atoms with Crippen LogP contribution >= 0.6 is 0 Å². The van der Waals surface area contributed by atoms with Crippen molar-refractivity contribution in [1.29, 1.82) is 0 Å². The molecular weight excluding hydrogens is 236 g/mol. The molecule has 2 nitrogen and oxygen atoms in total. The number of carbonyl (C=O) groups excluding carboxylic acids is 1. The maximum atomic E-state index is 11.9. The van der Waals surface area contributed by atoms with Crippen LogP contribution < -0.4 is 0 Å². The summed E-state index contributed by atoms with van der Waals surface area (Å²) < 4.78 is 5.58. The first kappa shape index (κ1) is 12.0. The maximum absolute atomic E-state index is 11.9. The highest BCUT2D eigenvalue weighted by molar-refractivity contribution is 5.94. The van der Waals surface area contributed by atoms with Crippen molar-refractivity contribution in [2.24, 2.45) is 0 Å². The minimum atomic E-state index is -0.260. The number of ether oxygens (including phenoxy) is 1. The molecule has 1 aliphatic rings. The molecule has 96 valence electrons. The van der Waals surface area contributed by atoms with Crippen LogP contribution in [-0.4, -0.2) is 5.97 Å². The van der Waals surface area contributed by atoms with E-state index in [2.05, 4.69) is 32.9 Å². The monoisotopic (exact) mass is 252 g/mol. The van der Waals surface area contributed by atoms with E-state index in [1.165, 1.54) is 16.7 Å². The summed E-state index contributed by atoms with van der Waals surface area (Å²) in [6.07, 6.45) is -0.260. The van der Waals surface area contributed by atoms with Gasteiger partial charge in [-0.2, -0.15) is 0 Å². The van der Waals surface area contributed by atoms with Crippen LogP contribution in [0, 0.1) is 20.8 Å². The molecule has 0 aliphatic carbocycles. The predicted octanol–water partition coefficient (Wildman–Crippen LogP) is 3.87. The Bertz CT molecular complexity index is 648. The molecule has 1 atom stereocenters. The molecule has 2 aromatic carbocycles. The molecule has 0 aromatic heterocycles. The lowest BCUT2D eigenvalue weighted by Crippen LogP contribution is -2.05. The summed E-state index contributed by atoms with van der Waals surface area (Å²) in [4.78, 5) is 11.9. The molecule has 1 aliphatic heterocycles. The lowest BCUT2D eigenvalue weighted by Gasteiger charge is -2.17. The Kier molecular flexibility index (Phi) is 2.67. The molecule has 0 saturated carbocycles. The highest BCUT2D eigenvalue weighted by Crippen LogP contribution is 2.38. The molecule has 19 heavy (non-hydrogen) atoms. The molecular formula is C17H16O2. The number of hydrogen-bond donors (Lipinski definition) is 0. The van der Waals surface area contributed by atoms with Crippen molar-refractivity contribution in [2.75, 3.05) is 0 Å². The summed E-state index contributed by atoms with van der Waals surface area (Å²) in [7, 11) is 0. The average Bonchev–Trinajstić information content (AvgIpc) is 2.67. The fourth-order valence-electron chi connectivity index (χ4n) is 2.96. The molecule has 2 aromatic rings. The van der Waals surface area contributed by atoms with Gasteiger partial charge >= 0.3 is 5.97 Å². The van der Waals surface area contributed by atoms with Crippen LogP contribution in [0.3, 0.4) is 0 Å². The molecule has 1 heterocycles. The van der Waals surface area contributed by atoms with Gasteiger partial charge in [-0.25, -0.2) is 4.79 Å². The number of hydrogen-bond acceptors (Lipinski definition) is 2. The third-order valence-electron chi connectivity index (χ3n) is 3.69. The Morgan fingerprint density at radius 3 is 2.32 bits per heavy atom. The van der Waals surface area contributed by atoms with Gasteiger partial charge in [-0.3, -0.25) is 0 Å². The molecule has 0 fully saturated rings. The zero-order valence-corrected chi connectivity index (χ0v) is 11.4. The molecule has 0 amide bonds. The van der Waals surface area contributed by atoms with Gasteiger partial charge in [0.05, 0.1) is 5.56 Å². The smallest absolute Gasteiger partial charge is 0.339 e. The number of carbonyl (C=O) groups is 1. The Labute approximate surface area is 113 Å². The van der Waals surface area contributed by atoms with Crippen LogP contribution in [0.15, 0.2) is 36.4 Å². The molecule has 0 saturated heterocycles. The number of rotatable bonds is 1. The maximum Gasteiger partial charge on any atom is 0.339 e. The fourth-order valence-corrected chi connectivity index (χ4v) is 2.96. The van der Waals surface area contributed by atoms with Crippen molar-refractivity contribution in [3.05, 3.63) is 69.8 Å². The van der Waals surface area contributed by atoms with E-state index in [0.29, 0.717) is 5.56 Å².